The van der Waals surface area contributed by atoms with Gasteiger partial charge < -0.3 is 5.32 Å². The molecule has 0 unspecified atom stereocenters. The molecule has 120 valence electrons. The first-order valence-corrected chi connectivity index (χ1v) is 8.16. The number of hydrogen-bond acceptors (Lipinski definition) is 5. The Balaban J connectivity index is 1.84. The van der Waals surface area contributed by atoms with Crippen LogP contribution in [0, 0.1) is 6.92 Å². The highest BCUT2D eigenvalue weighted by atomic mass is 15.4. The largest absolute Gasteiger partial charge is 0.370 e. The van der Waals surface area contributed by atoms with Gasteiger partial charge in [-0.2, -0.15) is 9.50 Å². The van der Waals surface area contributed by atoms with Gasteiger partial charge in [0.05, 0.1) is 0 Å². The van der Waals surface area contributed by atoms with Crippen LogP contribution in [0.4, 0.5) is 5.82 Å². The molecule has 0 fully saturated rings. The first-order chi connectivity index (χ1) is 11.3. The second kappa shape index (κ2) is 7.17. The first kappa shape index (κ1) is 15.4. The lowest BCUT2D eigenvalue weighted by Gasteiger charge is -2.08. The molecule has 3 aromatic rings. The predicted molar refractivity (Wildman–Crippen MR) is 91.4 cm³/mol. The predicted octanol–water partition coefficient (Wildman–Crippen LogP) is 3.49. The standard InChI is InChI=1S/C17H22N6/c1-3-4-5-6-10-19-15-11-13(2)20-17-21-16(22-23(15)17)14-8-7-9-18-12-14/h7-9,11-12,19H,3-6,10H2,1-2H3. The molecule has 23 heavy (non-hydrogen) atoms. The molecule has 0 atom stereocenters. The number of aryl methyl sites for hydroxylation is 1. The van der Waals surface area contributed by atoms with E-state index in [1.54, 1.807) is 16.9 Å². The fourth-order valence-corrected chi connectivity index (χ4v) is 2.50. The molecule has 0 aliphatic carbocycles. The van der Waals surface area contributed by atoms with Crippen molar-refractivity contribution in [2.45, 2.75) is 39.5 Å². The number of nitrogens with one attached hydrogen (secondary N) is 1. The molecule has 1 N–H and O–H groups in total. The maximum Gasteiger partial charge on any atom is 0.254 e. The summed E-state index contributed by atoms with van der Waals surface area (Å²) in [5.41, 5.74) is 1.82. The third kappa shape index (κ3) is 3.64. The van der Waals surface area contributed by atoms with E-state index in [1.165, 1.54) is 19.3 Å². The second-order valence-corrected chi connectivity index (χ2v) is 5.66. The molecule has 3 aromatic heterocycles. The number of fused-ring (bicyclic) bond motifs is 1. The van der Waals surface area contributed by atoms with E-state index in [4.69, 9.17) is 0 Å². The summed E-state index contributed by atoms with van der Waals surface area (Å²) in [6.07, 6.45) is 8.43. The highest BCUT2D eigenvalue weighted by Crippen LogP contribution is 2.17. The van der Waals surface area contributed by atoms with E-state index < -0.39 is 0 Å². The molecule has 0 bridgehead atoms. The lowest BCUT2D eigenvalue weighted by molar-refractivity contribution is 0.683. The molecule has 0 aromatic carbocycles. The normalized spacial score (nSPS) is 11.0. The highest BCUT2D eigenvalue weighted by molar-refractivity contribution is 5.57. The van der Waals surface area contributed by atoms with Crippen molar-refractivity contribution in [2.75, 3.05) is 11.9 Å². The van der Waals surface area contributed by atoms with Crippen LogP contribution < -0.4 is 5.32 Å². The Bertz CT molecular complexity index is 765. The Kier molecular flexibility index (Phi) is 4.80. The fraction of sp³-hybridized carbons (Fsp3) is 0.412. The Morgan fingerprint density at radius 2 is 2.09 bits per heavy atom. The second-order valence-electron chi connectivity index (χ2n) is 5.66. The van der Waals surface area contributed by atoms with E-state index in [0.717, 1.165) is 30.0 Å². The third-order valence-electron chi connectivity index (χ3n) is 3.70. The minimum absolute atomic E-state index is 0.611. The summed E-state index contributed by atoms with van der Waals surface area (Å²) in [7, 11) is 0. The number of hydrogen-bond donors (Lipinski definition) is 1. The van der Waals surface area contributed by atoms with Gasteiger partial charge in [-0.25, -0.2) is 4.98 Å². The van der Waals surface area contributed by atoms with Crippen molar-refractivity contribution in [3.05, 3.63) is 36.3 Å². The molecule has 0 saturated carbocycles. The van der Waals surface area contributed by atoms with Gasteiger partial charge in [0.15, 0.2) is 5.82 Å². The molecule has 0 amide bonds. The van der Waals surface area contributed by atoms with Crippen LogP contribution in [0.1, 0.15) is 38.3 Å². The SMILES string of the molecule is CCCCCCNc1cc(C)nc2nc(-c3cccnc3)nn12. The Labute approximate surface area is 136 Å². The van der Waals surface area contributed by atoms with E-state index in [2.05, 4.69) is 32.3 Å². The van der Waals surface area contributed by atoms with E-state index in [-0.39, 0.29) is 0 Å². The summed E-state index contributed by atoms with van der Waals surface area (Å²) in [5, 5.41) is 8.04. The van der Waals surface area contributed by atoms with E-state index in [1.807, 2.05) is 25.1 Å². The van der Waals surface area contributed by atoms with Crippen LogP contribution in [0.15, 0.2) is 30.6 Å². The van der Waals surface area contributed by atoms with Gasteiger partial charge in [-0.15, -0.1) is 5.10 Å². The number of rotatable bonds is 7. The molecule has 6 nitrogen and oxygen atoms in total. The summed E-state index contributed by atoms with van der Waals surface area (Å²) >= 11 is 0. The van der Waals surface area contributed by atoms with Crippen molar-refractivity contribution in [3.63, 3.8) is 0 Å². The molecule has 3 heterocycles. The van der Waals surface area contributed by atoms with E-state index >= 15 is 0 Å². The van der Waals surface area contributed by atoms with Crippen LogP contribution in [0.25, 0.3) is 17.2 Å². The lowest BCUT2D eigenvalue weighted by Crippen LogP contribution is -2.08. The van der Waals surface area contributed by atoms with Crippen LogP contribution in [0.3, 0.4) is 0 Å². The van der Waals surface area contributed by atoms with Crippen LogP contribution in [0.5, 0.6) is 0 Å². The molecule has 0 aliphatic rings. The maximum atomic E-state index is 4.58. The molecular weight excluding hydrogens is 288 g/mol. The molecular formula is C17H22N6. The summed E-state index contributed by atoms with van der Waals surface area (Å²) in [6.45, 7) is 5.12. The van der Waals surface area contributed by atoms with Crippen molar-refractivity contribution in [1.82, 2.24) is 24.6 Å². The minimum Gasteiger partial charge on any atom is -0.370 e. The quantitative estimate of drug-likeness (QED) is 0.677. The van der Waals surface area contributed by atoms with Gasteiger partial charge in [0.25, 0.3) is 5.78 Å². The number of anilines is 1. The summed E-state index contributed by atoms with van der Waals surface area (Å²) in [6, 6.07) is 5.84. The van der Waals surface area contributed by atoms with Crippen molar-refractivity contribution >= 4 is 11.6 Å². The molecule has 0 aliphatic heterocycles. The Morgan fingerprint density at radius 1 is 1.17 bits per heavy atom. The monoisotopic (exact) mass is 310 g/mol. The maximum absolute atomic E-state index is 4.58. The van der Waals surface area contributed by atoms with Gasteiger partial charge in [0.1, 0.15) is 5.82 Å². The topological polar surface area (TPSA) is 68.0 Å². The third-order valence-corrected chi connectivity index (χ3v) is 3.70. The van der Waals surface area contributed by atoms with Gasteiger partial charge in [-0.3, -0.25) is 4.98 Å². The summed E-state index contributed by atoms with van der Waals surface area (Å²) < 4.78 is 1.77. The number of pyridine rings is 1. The van der Waals surface area contributed by atoms with Gasteiger partial charge >= 0.3 is 0 Å². The van der Waals surface area contributed by atoms with Crippen molar-refractivity contribution in [2.24, 2.45) is 0 Å². The number of nitrogens with zero attached hydrogens (tertiary/aromatic N) is 5. The average molecular weight is 310 g/mol. The molecule has 0 radical (unpaired) electrons. The first-order valence-electron chi connectivity index (χ1n) is 8.16. The average Bonchev–Trinajstić information content (AvgIpc) is 2.99. The number of aromatic nitrogens is 5. The van der Waals surface area contributed by atoms with Crippen LogP contribution in [0.2, 0.25) is 0 Å². The highest BCUT2D eigenvalue weighted by Gasteiger charge is 2.11. The van der Waals surface area contributed by atoms with Crippen molar-refractivity contribution in [3.8, 4) is 11.4 Å². The van der Waals surface area contributed by atoms with E-state index in [9.17, 15) is 0 Å². The van der Waals surface area contributed by atoms with Crippen LogP contribution in [-0.4, -0.2) is 31.1 Å². The minimum atomic E-state index is 0.611. The fourth-order valence-electron chi connectivity index (χ4n) is 2.50. The van der Waals surface area contributed by atoms with Gasteiger partial charge in [0.2, 0.25) is 0 Å². The molecule has 0 saturated heterocycles. The molecule has 6 heteroatoms. The van der Waals surface area contributed by atoms with E-state index in [0.29, 0.717) is 11.6 Å². The molecule has 0 spiro atoms. The van der Waals surface area contributed by atoms with Crippen LogP contribution in [-0.2, 0) is 0 Å². The van der Waals surface area contributed by atoms with Gasteiger partial charge in [0, 0.05) is 36.3 Å². The Morgan fingerprint density at radius 3 is 2.87 bits per heavy atom. The zero-order valence-electron chi connectivity index (χ0n) is 13.7. The number of unbranched alkanes of at least 4 members (excludes halogenated alkanes) is 3. The lowest BCUT2D eigenvalue weighted by atomic mass is 10.2. The smallest absolute Gasteiger partial charge is 0.254 e. The van der Waals surface area contributed by atoms with Crippen molar-refractivity contribution in [1.29, 1.82) is 0 Å². The zero-order valence-corrected chi connectivity index (χ0v) is 13.7. The Hall–Kier alpha value is -2.50. The van der Waals surface area contributed by atoms with Crippen molar-refractivity contribution < 1.29 is 0 Å². The zero-order chi connectivity index (χ0) is 16.1. The summed E-state index contributed by atoms with van der Waals surface area (Å²) in [5.74, 6) is 2.19. The molecule has 3 rings (SSSR count). The summed E-state index contributed by atoms with van der Waals surface area (Å²) in [4.78, 5) is 13.1. The van der Waals surface area contributed by atoms with Gasteiger partial charge in [-0.05, 0) is 25.5 Å². The van der Waals surface area contributed by atoms with Gasteiger partial charge in [-0.1, -0.05) is 26.2 Å². The van der Waals surface area contributed by atoms with Crippen LogP contribution >= 0.6 is 0 Å².